The third-order valence-electron chi connectivity index (χ3n) is 4.76. The predicted molar refractivity (Wildman–Crippen MR) is 125 cm³/mol. The quantitative estimate of drug-likeness (QED) is 0.241. The van der Waals surface area contributed by atoms with Crippen LogP contribution >= 0.6 is 24.0 Å². The summed E-state index contributed by atoms with van der Waals surface area (Å²) < 4.78 is 7.89. The number of halogens is 1. The summed E-state index contributed by atoms with van der Waals surface area (Å²) in [7, 11) is 3.75. The van der Waals surface area contributed by atoms with E-state index in [4.69, 9.17) is 4.74 Å². The molecule has 1 fully saturated rings. The van der Waals surface area contributed by atoms with E-state index >= 15 is 0 Å². The summed E-state index contributed by atoms with van der Waals surface area (Å²) in [6.07, 6.45) is 8.63. The first-order valence-corrected chi connectivity index (χ1v) is 9.78. The molecule has 0 amide bonds. The molecule has 1 aliphatic rings. The van der Waals surface area contributed by atoms with Crippen molar-refractivity contribution in [1.29, 1.82) is 0 Å². The van der Waals surface area contributed by atoms with Gasteiger partial charge in [-0.2, -0.15) is 5.10 Å². The van der Waals surface area contributed by atoms with Crippen LogP contribution in [0.1, 0.15) is 36.0 Å². The second-order valence-corrected chi connectivity index (χ2v) is 7.34. The third kappa shape index (κ3) is 7.33. The van der Waals surface area contributed by atoms with Crippen LogP contribution < -0.4 is 15.4 Å². The second-order valence-electron chi connectivity index (χ2n) is 7.34. The Morgan fingerprint density at radius 3 is 2.82 bits per heavy atom. The van der Waals surface area contributed by atoms with Gasteiger partial charge in [0, 0.05) is 38.9 Å². The van der Waals surface area contributed by atoms with E-state index in [1.807, 2.05) is 17.9 Å². The zero-order valence-electron chi connectivity index (χ0n) is 17.1. The van der Waals surface area contributed by atoms with Crippen molar-refractivity contribution in [3.05, 3.63) is 47.3 Å². The molecule has 0 atom stereocenters. The van der Waals surface area contributed by atoms with Gasteiger partial charge in [-0.05, 0) is 55.7 Å². The number of aliphatic imine (C=N–C) groups is 1. The summed E-state index contributed by atoms with van der Waals surface area (Å²) in [5.41, 5.74) is 3.65. The van der Waals surface area contributed by atoms with E-state index in [0.29, 0.717) is 6.54 Å². The minimum absolute atomic E-state index is 0. The van der Waals surface area contributed by atoms with Crippen molar-refractivity contribution in [2.24, 2.45) is 18.0 Å². The van der Waals surface area contributed by atoms with Crippen LogP contribution in [-0.4, -0.2) is 35.9 Å². The van der Waals surface area contributed by atoms with Crippen molar-refractivity contribution in [2.75, 3.05) is 20.2 Å². The summed E-state index contributed by atoms with van der Waals surface area (Å²) in [6.45, 7) is 4.50. The Hall–Kier alpha value is -1.77. The summed E-state index contributed by atoms with van der Waals surface area (Å²) in [5.74, 6) is 2.55. The van der Waals surface area contributed by atoms with Crippen LogP contribution in [0.15, 0.2) is 35.6 Å². The summed E-state index contributed by atoms with van der Waals surface area (Å²) >= 11 is 0. The molecular formula is C21H32IN5O. The maximum absolute atomic E-state index is 6.05. The first-order valence-electron chi connectivity index (χ1n) is 9.78. The van der Waals surface area contributed by atoms with Gasteiger partial charge in [0.1, 0.15) is 5.75 Å². The summed E-state index contributed by atoms with van der Waals surface area (Å²) in [6, 6.07) is 6.40. The minimum Gasteiger partial charge on any atom is -0.493 e. The van der Waals surface area contributed by atoms with Crippen LogP contribution in [0.2, 0.25) is 0 Å². The molecule has 2 aromatic rings. The molecule has 1 heterocycles. The molecule has 1 aromatic heterocycles. The lowest BCUT2D eigenvalue weighted by molar-refractivity contribution is 0.296. The van der Waals surface area contributed by atoms with Gasteiger partial charge in [-0.3, -0.25) is 9.67 Å². The molecule has 7 heteroatoms. The number of rotatable bonds is 9. The first kappa shape index (κ1) is 22.5. The number of nitrogens with one attached hydrogen (secondary N) is 2. The van der Waals surface area contributed by atoms with Crippen molar-refractivity contribution in [3.63, 3.8) is 0 Å². The molecule has 1 aliphatic carbocycles. The maximum atomic E-state index is 6.05. The van der Waals surface area contributed by atoms with Crippen molar-refractivity contribution in [2.45, 2.75) is 39.2 Å². The topological polar surface area (TPSA) is 63.5 Å². The molecule has 0 saturated heterocycles. The minimum atomic E-state index is 0. The second kappa shape index (κ2) is 11.3. The highest BCUT2D eigenvalue weighted by Gasteiger charge is 2.22. The lowest BCUT2D eigenvalue weighted by atomic mass is 10.1. The van der Waals surface area contributed by atoms with E-state index in [2.05, 4.69) is 52.0 Å². The first-order chi connectivity index (χ1) is 13.1. The van der Waals surface area contributed by atoms with Crippen molar-refractivity contribution < 1.29 is 4.74 Å². The van der Waals surface area contributed by atoms with E-state index < -0.39 is 0 Å². The Balaban J connectivity index is 0.00000280. The molecule has 28 heavy (non-hydrogen) atoms. The third-order valence-corrected chi connectivity index (χ3v) is 4.76. The number of ether oxygens (including phenoxy) is 1. The van der Waals surface area contributed by atoms with Gasteiger partial charge in [0.25, 0.3) is 0 Å². The fourth-order valence-corrected chi connectivity index (χ4v) is 2.93. The van der Waals surface area contributed by atoms with Crippen LogP contribution in [0.5, 0.6) is 5.75 Å². The van der Waals surface area contributed by atoms with Crippen LogP contribution in [0.3, 0.4) is 0 Å². The van der Waals surface area contributed by atoms with Gasteiger partial charge in [0.2, 0.25) is 0 Å². The molecule has 0 unspecified atom stereocenters. The van der Waals surface area contributed by atoms with Gasteiger partial charge in [-0.25, -0.2) is 0 Å². The molecule has 3 rings (SSSR count). The molecule has 2 N–H and O–H groups in total. The molecule has 0 aliphatic heterocycles. The summed E-state index contributed by atoms with van der Waals surface area (Å²) in [4.78, 5) is 4.32. The highest BCUT2D eigenvalue weighted by atomic mass is 127. The Bertz CT molecular complexity index is 770. The van der Waals surface area contributed by atoms with E-state index in [1.165, 1.54) is 29.5 Å². The Morgan fingerprint density at radius 1 is 1.32 bits per heavy atom. The summed E-state index contributed by atoms with van der Waals surface area (Å²) in [5, 5.41) is 11.0. The van der Waals surface area contributed by atoms with Crippen molar-refractivity contribution in [3.8, 4) is 5.75 Å². The zero-order valence-corrected chi connectivity index (χ0v) is 19.4. The monoisotopic (exact) mass is 497 g/mol. The molecule has 0 spiro atoms. The molecular weight excluding hydrogens is 465 g/mol. The molecule has 1 saturated carbocycles. The Labute approximate surface area is 185 Å². The van der Waals surface area contributed by atoms with Crippen LogP contribution in [0, 0.1) is 12.8 Å². The lowest BCUT2D eigenvalue weighted by Gasteiger charge is -2.15. The number of aromatic nitrogens is 2. The van der Waals surface area contributed by atoms with Crippen LogP contribution in [0.25, 0.3) is 0 Å². The number of hydrogen-bond acceptors (Lipinski definition) is 3. The van der Waals surface area contributed by atoms with Gasteiger partial charge < -0.3 is 15.4 Å². The van der Waals surface area contributed by atoms with Crippen molar-refractivity contribution >= 4 is 29.9 Å². The number of benzene rings is 1. The molecule has 154 valence electrons. The Morgan fingerprint density at radius 2 is 2.14 bits per heavy atom. The molecule has 0 radical (unpaired) electrons. The SMILES string of the molecule is CN=C(NCCCc1cnn(C)c1)NCc1ccc(C)cc1OCC1CC1.I. The van der Waals surface area contributed by atoms with E-state index in [0.717, 1.165) is 43.6 Å². The standard InChI is InChI=1S/C21H31N5O.HI/c1-16-6-9-19(20(11-16)27-15-17-7-8-17)13-24-21(22-2)23-10-4-5-18-12-25-26(3)14-18;/h6,9,11-12,14,17H,4-5,7-8,10,13,15H2,1-3H3,(H2,22,23,24);1H. The number of nitrogens with zero attached hydrogens (tertiary/aromatic N) is 3. The normalized spacial score (nSPS) is 13.8. The largest absolute Gasteiger partial charge is 0.493 e. The molecule has 6 nitrogen and oxygen atoms in total. The number of guanidine groups is 1. The molecule has 0 bridgehead atoms. The predicted octanol–water partition coefficient (Wildman–Crippen LogP) is 3.43. The number of hydrogen-bond donors (Lipinski definition) is 2. The average Bonchev–Trinajstić information content (AvgIpc) is 3.40. The van der Waals surface area contributed by atoms with E-state index in [1.54, 1.807) is 7.05 Å². The fraction of sp³-hybridized carbons (Fsp3) is 0.524. The maximum Gasteiger partial charge on any atom is 0.191 e. The smallest absolute Gasteiger partial charge is 0.191 e. The van der Waals surface area contributed by atoms with Gasteiger partial charge in [-0.15, -0.1) is 24.0 Å². The van der Waals surface area contributed by atoms with E-state index in [9.17, 15) is 0 Å². The van der Waals surface area contributed by atoms with Gasteiger partial charge in [-0.1, -0.05) is 12.1 Å². The zero-order chi connectivity index (χ0) is 19.1. The lowest BCUT2D eigenvalue weighted by Crippen LogP contribution is -2.37. The highest BCUT2D eigenvalue weighted by molar-refractivity contribution is 14.0. The van der Waals surface area contributed by atoms with Gasteiger partial charge in [0.05, 0.1) is 12.8 Å². The van der Waals surface area contributed by atoms with Gasteiger partial charge >= 0.3 is 0 Å². The van der Waals surface area contributed by atoms with Gasteiger partial charge in [0.15, 0.2) is 5.96 Å². The van der Waals surface area contributed by atoms with E-state index in [-0.39, 0.29) is 24.0 Å². The average molecular weight is 497 g/mol. The highest BCUT2D eigenvalue weighted by Crippen LogP contribution is 2.30. The van der Waals surface area contributed by atoms with Crippen LogP contribution in [0.4, 0.5) is 0 Å². The fourth-order valence-electron chi connectivity index (χ4n) is 2.93. The Kier molecular flexibility index (Phi) is 9.08. The van der Waals surface area contributed by atoms with Crippen LogP contribution in [-0.2, 0) is 20.0 Å². The number of aryl methyl sites for hydroxylation is 3. The molecule has 1 aromatic carbocycles. The van der Waals surface area contributed by atoms with Crippen molar-refractivity contribution in [1.82, 2.24) is 20.4 Å².